The van der Waals surface area contributed by atoms with Gasteiger partial charge in [-0.1, -0.05) is 34.1 Å². The van der Waals surface area contributed by atoms with E-state index in [1.807, 2.05) is 42.5 Å². The van der Waals surface area contributed by atoms with Gasteiger partial charge in [0.25, 0.3) is 0 Å². The van der Waals surface area contributed by atoms with E-state index >= 15 is 0 Å². The summed E-state index contributed by atoms with van der Waals surface area (Å²) in [7, 11) is 1.62. The molecule has 1 atom stereocenters. The van der Waals surface area contributed by atoms with Gasteiger partial charge < -0.3 is 19.3 Å². The van der Waals surface area contributed by atoms with Crippen LogP contribution in [0.4, 0.5) is 0 Å². The molecule has 0 saturated carbocycles. The summed E-state index contributed by atoms with van der Waals surface area (Å²) in [4.78, 5) is 0. The van der Waals surface area contributed by atoms with Crippen molar-refractivity contribution < 1.29 is 19.3 Å². The van der Waals surface area contributed by atoms with Gasteiger partial charge in [-0.05, 0) is 40.2 Å². The smallest absolute Gasteiger partial charge is 0.133 e. The standard InChI is InChI=1S/C17H18Br2O4/c1-21-16-5-3-2-4-12(16)9-22-10-14(20)11-23-17-7-6-13(18)8-15(17)19/h2-8,14,20H,9-11H2,1H3. The fourth-order valence-corrected chi connectivity index (χ4v) is 3.12. The molecule has 0 fully saturated rings. The molecule has 0 aliphatic carbocycles. The molecule has 0 heterocycles. The first-order valence-corrected chi connectivity index (χ1v) is 8.64. The molecule has 0 aliphatic rings. The lowest BCUT2D eigenvalue weighted by atomic mass is 10.2. The van der Waals surface area contributed by atoms with E-state index in [9.17, 15) is 5.11 Å². The highest BCUT2D eigenvalue weighted by Gasteiger charge is 2.09. The minimum atomic E-state index is -0.708. The third-order valence-electron chi connectivity index (χ3n) is 3.09. The summed E-state index contributed by atoms with van der Waals surface area (Å²) in [6, 6.07) is 13.2. The summed E-state index contributed by atoms with van der Waals surface area (Å²) in [5.74, 6) is 1.45. The Morgan fingerprint density at radius 3 is 2.57 bits per heavy atom. The molecule has 1 N–H and O–H groups in total. The van der Waals surface area contributed by atoms with E-state index in [4.69, 9.17) is 14.2 Å². The largest absolute Gasteiger partial charge is 0.496 e. The van der Waals surface area contributed by atoms with E-state index in [0.717, 1.165) is 20.3 Å². The van der Waals surface area contributed by atoms with Gasteiger partial charge in [0, 0.05) is 10.0 Å². The second-order valence-electron chi connectivity index (χ2n) is 4.87. The topological polar surface area (TPSA) is 47.9 Å². The lowest BCUT2D eigenvalue weighted by Gasteiger charge is -2.14. The minimum absolute atomic E-state index is 0.159. The Morgan fingerprint density at radius 2 is 1.83 bits per heavy atom. The van der Waals surface area contributed by atoms with Crippen LogP contribution in [0.5, 0.6) is 11.5 Å². The van der Waals surface area contributed by atoms with Crippen LogP contribution in [0.1, 0.15) is 5.56 Å². The van der Waals surface area contributed by atoms with Gasteiger partial charge >= 0.3 is 0 Å². The zero-order chi connectivity index (χ0) is 16.7. The molecule has 0 aromatic heterocycles. The number of aliphatic hydroxyl groups excluding tert-OH is 1. The molecule has 23 heavy (non-hydrogen) atoms. The zero-order valence-corrected chi connectivity index (χ0v) is 15.8. The number of rotatable bonds is 8. The van der Waals surface area contributed by atoms with Crippen molar-refractivity contribution >= 4 is 31.9 Å². The molecule has 0 radical (unpaired) electrons. The molecular formula is C17H18Br2O4. The number of para-hydroxylation sites is 1. The third-order valence-corrected chi connectivity index (χ3v) is 4.20. The molecule has 4 nitrogen and oxygen atoms in total. The van der Waals surface area contributed by atoms with Crippen LogP contribution in [-0.4, -0.2) is 31.5 Å². The van der Waals surface area contributed by atoms with Crippen molar-refractivity contribution in [3.63, 3.8) is 0 Å². The first-order chi connectivity index (χ1) is 11.1. The van der Waals surface area contributed by atoms with Crippen molar-refractivity contribution in [2.24, 2.45) is 0 Å². The summed E-state index contributed by atoms with van der Waals surface area (Å²) < 4.78 is 18.1. The van der Waals surface area contributed by atoms with Gasteiger partial charge in [0.05, 0.1) is 24.8 Å². The molecule has 0 saturated heterocycles. The fourth-order valence-electron chi connectivity index (χ4n) is 1.95. The molecular weight excluding hydrogens is 428 g/mol. The predicted octanol–water partition coefficient (Wildman–Crippen LogP) is 4.18. The highest BCUT2D eigenvalue weighted by molar-refractivity contribution is 9.11. The van der Waals surface area contributed by atoms with E-state index in [1.165, 1.54) is 0 Å². The van der Waals surface area contributed by atoms with E-state index < -0.39 is 6.10 Å². The summed E-state index contributed by atoms with van der Waals surface area (Å²) in [5, 5.41) is 9.95. The number of hydrogen-bond acceptors (Lipinski definition) is 4. The molecule has 2 aromatic rings. The molecule has 124 valence electrons. The molecule has 2 aromatic carbocycles. The Balaban J connectivity index is 1.76. The van der Waals surface area contributed by atoms with Crippen molar-refractivity contribution in [2.45, 2.75) is 12.7 Å². The van der Waals surface area contributed by atoms with E-state index in [0.29, 0.717) is 12.4 Å². The van der Waals surface area contributed by atoms with Gasteiger partial charge in [-0.2, -0.15) is 0 Å². The van der Waals surface area contributed by atoms with E-state index in [1.54, 1.807) is 7.11 Å². The molecule has 0 aliphatic heterocycles. The monoisotopic (exact) mass is 444 g/mol. The van der Waals surface area contributed by atoms with E-state index in [-0.39, 0.29) is 13.2 Å². The molecule has 0 amide bonds. The first kappa shape index (κ1) is 18.3. The second kappa shape index (κ2) is 9.27. The number of benzene rings is 2. The molecule has 0 bridgehead atoms. The lowest BCUT2D eigenvalue weighted by Crippen LogP contribution is -2.23. The van der Waals surface area contributed by atoms with Crippen LogP contribution in [0.25, 0.3) is 0 Å². The number of halogens is 2. The Bertz CT molecular complexity index is 634. The van der Waals surface area contributed by atoms with Crippen LogP contribution in [-0.2, 0) is 11.3 Å². The Kier molecular flexibility index (Phi) is 7.36. The maximum atomic E-state index is 9.95. The maximum Gasteiger partial charge on any atom is 0.133 e. The summed E-state index contributed by atoms with van der Waals surface area (Å²) in [6.45, 7) is 0.724. The van der Waals surface area contributed by atoms with Crippen LogP contribution in [0.15, 0.2) is 51.4 Å². The SMILES string of the molecule is COc1ccccc1COCC(O)COc1ccc(Br)cc1Br. The van der Waals surface area contributed by atoms with Crippen molar-refractivity contribution in [3.05, 3.63) is 57.0 Å². The van der Waals surface area contributed by atoms with Gasteiger partial charge in [-0.15, -0.1) is 0 Å². The van der Waals surface area contributed by atoms with Crippen LogP contribution < -0.4 is 9.47 Å². The Hall–Kier alpha value is -1.08. The quantitative estimate of drug-likeness (QED) is 0.662. The summed E-state index contributed by atoms with van der Waals surface area (Å²) in [5.41, 5.74) is 0.943. The normalized spacial score (nSPS) is 12.0. The first-order valence-electron chi connectivity index (χ1n) is 7.05. The van der Waals surface area contributed by atoms with Gasteiger partial charge in [0.15, 0.2) is 0 Å². The Labute approximate surface area is 152 Å². The summed E-state index contributed by atoms with van der Waals surface area (Å²) >= 11 is 6.79. The lowest BCUT2D eigenvalue weighted by molar-refractivity contribution is 0.00490. The van der Waals surface area contributed by atoms with Crippen LogP contribution in [0.2, 0.25) is 0 Å². The third kappa shape index (κ3) is 5.80. The average Bonchev–Trinajstić information content (AvgIpc) is 2.54. The summed E-state index contributed by atoms with van der Waals surface area (Å²) in [6.07, 6.45) is -0.708. The number of aliphatic hydroxyl groups is 1. The minimum Gasteiger partial charge on any atom is -0.496 e. The van der Waals surface area contributed by atoms with Crippen LogP contribution >= 0.6 is 31.9 Å². The van der Waals surface area contributed by atoms with E-state index in [2.05, 4.69) is 31.9 Å². The zero-order valence-electron chi connectivity index (χ0n) is 12.7. The predicted molar refractivity (Wildman–Crippen MR) is 96.0 cm³/mol. The Morgan fingerprint density at radius 1 is 1.04 bits per heavy atom. The number of hydrogen-bond donors (Lipinski definition) is 1. The van der Waals surface area contributed by atoms with Crippen molar-refractivity contribution in [3.8, 4) is 11.5 Å². The van der Waals surface area contributed by atoms with Crippen molar-refractivity contribution in [1.82, 2.24) is 0 Å². The van der Waals surface area contributed by atoms with Gasteiger partial charge in [-0.25, -0.2) is 0 Å². The molecule has 1 unspecified atom stereocenters. The average molecular weight is 446 g/mol. The van der Waals surface area contributed by atoms with Crippen LogP contribution in [0, 0.1) is 0 Å². The van der Waals surface area contributed by atoms with Crippen LogP contribution in [0.3, 0.4) is 0 Å². The fraction of sp³-hybridized carbons (Fsp3) is 0.294. The number of methoxy groups -OCH3 is 1. The van der Waals surface area contributed by atoms with Crippen molar-refractivity contribution in [2.75, 3.05) is 20.3 Å². The molecule has 0 spiro atoms. The number of ether oxygens (including phenoxy) is 3. The highest BCUT2D eigenvalue weighted by Crippen LogP contribution is 2.28. The molecule has 2 rings (SSSR count). The highest BCUT2D eigenvalue weighted by atomic mass is 79.9. The maximum absolute atomic E-state index is 9.95. The van der Waals surface area contributed by atoms with Crippen molar-refractivity contribution in [1.29, 1.82) is 0 Å². The second-order valence-corrected chi connectivity index (χ2v) is 6.64. The van der Waals surface area contributed by atoms with Gasteiger partial charge in [0.1, 0.15) is 24.2 Å². The van der Waals surface area contributed by atoms with Gasteiger partial charge in [0.2, 0.25) is 0 Å². The molecule has 6 heteroatoms. The van der Waals surface area contributed by atoms with Gasteiger partial charge in [-0.3, -0.25) is 0 Å².